The molecule has 0 radical (unpaired) electrons. The predicted molar refractivity (Wildman–Crippen MR) is 135 cm³/mol. The molecule has 1 amide bonds. The number of hydrogen-bond acceptors (Lipinski definition) is 3. The fourth-order valence-electron chi connectivity index (χ4n) is 3.79. The summed E-state index contributed by atoms with van der Waals surface area (Å²) in [5.74, 6) is -0.294. The van der Waals surface area contributed by atoms with Gasteiger partial charge in [-0.3, -0.25) is 9.52 Å². The Morgan fingerprint density at radius 3 is 2.03 bits per heavy atom. The highest BCUT2D eigenvalue weighted by atomic mass is 32.2. The summed E-state index contributed by atoms with van der Waals surface area (Å²) in [4.78, 5) is 13.5. The van der Waals surface area contributed by atoms with Gasteiger partial charge in [-0.05, 0) is 60.4 Å². The monoisotopic (exact) mass is 470 g/mol. The van der Waals surface area contributed by atoms with Crippen molar-refractivity contribution < 1.29 is 13.2 Å². The molecule has 172 valence electrons. The molecule has 4 aromatic carbocycles. The molecule has 1 atom stereocenters. The molecule has 34 heavy (non-hydrogen) atoms. The van der Waals surface area contributed by atoms with Gasteiger partial charge in [-0.25, -0.2) is 8.42 Å². The largest absolute Gasteiger partial charge is 0.341 e. The minimum Gasteiger partial charge on any atom is -0.341 e. The van der Waals surface area contributed by atoms with Gasteiger partial charge in [0, 0.05) is 5.56 Å². The first-order valence-electron chi connectivity index (χ1n) is 10.9. The van der Waals surface area contributed by atoms with Gasteiger partial charge < -0.3 is 5.32 Å². The standard InChI is InChI=1S/C28H26N2O3S/c1-20-11-9-10-16-25(20)27(22-12-5-3-6-13-22)29-28(31)23-18-17-21(2)26(19-23)30-34(32,33)24-14-7-4-8-15-24/h3-19,27,30H,1-2H3,(H,29,31)/t27-/m0/s1. The molecule has 0 spiro atoms. The third-order valence-corrected chi connectivity index (χ3v) is 7.09. The number of carbonyl (C=O) groups is 1. The van der Waals surface area contributed by atoms with E-state index in [1.54, 1.807) is 43.3 Å². The number of amides is 1. The van der Waals surface area contributed by atoms with E-state index in [0.29, 0.717) is 11.3 Å². The van der Waals surface area contributed by atoms with E-state index in [4.69, 9.17) is 0 Å². The molecular formula is C28H26N2O3S. The zero-order chi connectivity index (χ0) is 24.1. The van der Waals surface area contributed by atoms with E-state index in [1.807, 2.05) is 61.5 Å². The molecule has 0 fully saturated rings. The molecule has 0 aliphatic carbocycles. The average molecular weight is 471 g/mol. The van der Waals surface area contributed by atoms with Crippen molar-refractivity contribution in [2.24, 2.45) is 0 Å². The molecule has 0 unspecified atom stereocenters. The van der Waals surface area contributed by atoms with E-state index < -0.39 is 10.0 Å². The highest BCUT2D eigenvalue weighted by molar-refractivity contribution is 7.92. The van der Waals surface area contributed by atoms with Gasteiger partial charge in [-0.2, -0.15) is 0 Å². The predicted octanol–water partition coefficient (Wildman–Crippen LogP) is 5.62. The second kappa shape index (κ2) is 9.93. The highest BCUT2D eigenvalue weighted by Crippen LogP contribution is 2.26. The van der Waals surface area contributed by atoms with Crippen LogP contribution >= 0.6 is 0 Å². The first-order chi connectivity index (χ1) is 16.3. The first-order valence-corrected chi connectivity index (χ1v) is 12.4. The quantitative estimate of drug-likeness (QED) is 0.368. The smallest absolute Gasteiger partial charge is 0.261 e. The zero-order valence-corrected chi connectivity index (χ0v) is 19.8. The van der Waals surface area contributed by atoms with E-state index in [2.05, 4.69) is 10.0 Å². The molecule has 0 aromatic heterocycles. The van der Waals surface area contributed by atoms with Gasteiger partial charge in [0.1, 0.15) is 0 Å². The number of hydrogen-bond donors (Lipinski definition) is 2. The van der Waals surface area contributed by atoms with Crippen LogP contribution in [0.3, 0.4) is 0 Å². The molecule has 0 aliphatic rings. The Hall–Kier alpha value is -3.90. The fraction of sp³-hybridized carbons (Fsp3) is 0.107. The molecule has 0 bridgehead atoms. The molecule has 0 saturated carbocycles. The number of carbonyl (C=O) groups excluding carboxylic acids is 1. The van der Waals surface area contributed by atoms with Crippen molar-refractivity contribution in [1.82, 2.24) is 5.32 Å². The number of benzene rings is 4. The van der Waals surface area contributed by atoms with Crippen molar-refractivity contribution in [3.05, 3.63) is 131 Å². The van der Waals surface area contributed by atoms with Gasteiger partial charge >= 0.3 is 0 Å². The Morgan fingerprint density at radius 2 is 1.35 bits per heavy atom. The summed E-state index contributed by atoms with van der Waals surface area (Å²) < 4.78 is 28.2. The van der Waals surface area contributed by atoms with E-state index in [9.17, 15) is 13.2 Å². The van der Waals surface area contributed by atoms with Crippen LogP contribution in [0.25, 0.3) is 0 Å². The summed E-state index contributed by atoms with van der Waals surface area (Å²) in [7, 11) is -3.77. The van der Waals surface area contributed by atoms with Crippen LogP contribution in [0, 0.1) is 13.8 Å². The fourth-order valence-corrected chi connectivity index (χ4v) is 4.93. The average Bonchev–Trinajstić information content (AvgIpc) is 2.85. The molecule has 6 heteroatoms. The molecule has 5 nitrogen and oxygen atoms in total. The molecule has 0 aliphatic heterocycles. The van der Waals surface area contributed by atoms with E-state index in [-0.39, 0.29) is 16.8 Å². The van der Waals surface area contributed by atoms with Crippen LogP contribution < -0.4 is 10.0 Å². The maximum Gasteiger partial charge on any atom is 0.261 e. The van der Waals surface area contributed by atoms with Gasteiger partial charge in [0.15, 0.2) is 0 Å². The molecular weight excluding hydrogens is 444 g/mol. The van der Waals surface area contributed by atoms with Crippen molar-refractivity contribution in [3.63, 3.8) is 0 Å². The van der Waals surface area contributed by atoms with Crippen LogP contribution in [0.4, 0.5) is 5.69 Å². The number of rotatable bonds is 7. The molecule has 4 aromatic rings. The van der Waals surface area contributed by atoms with Crippen LogP contribution in [0.2, 0.25) is 0 Å². The van der Waals surface area contributed by atoms with Crippen molar-refractivity contribution in [2.75, 3.05) is 4.72 Å². The zero-order valence-electron chi connectivity index (χ0n) is 19.0. The minimum atomic E-state index is -3.77. The normalized spacial score (nSPS) is 12.1. The molecule has 0 heterocycles. The number of aryl methyl sites for hydroxylation is 2. The van der Waals surface area contributed by atoms with Gasteiger partial charge in [0.25, 0.3) is 15.9 Å². The Kier molecular flexibility index (Phi) is 6.80. The van der Waals surface area contributed by atoms with Gasteiger partial charge in [-0.15, -0.1) is 0 Å². The lowest BCUT2D eigenvalue weighted by molar-refractivity contribution is 0.0943. The third kappa shape index (κ3) is 5.18. The Bertz CT molecular complexity index is 1400. The Morgan fingerprint density at radius 1 is 0.735 bits per heavy atom. The second-order valence-electron chi connectivity index (χ2n) is 8.12. The Labute approximate surface area is 200 Å². The maximum absolute atomic E-state index is 13.3. The topological polar surface area (TPSA) is 75.3 Å². The van der Waals surface area contributed by atoms with E-state index >= 15 is 0 Å². The third-order valence-electron chi connectivity index (χ3n) is 5.71. The van der Waals surface area contributed by atoms with Crippen molar-refractivity contribution in [3.8, 4) is 0 Å². The second-order valence-corrected chi connectivity index (χ2v) is 9.80. The summed E-state index contributed by atoms with van der Waals surface area (Å²) in [5, 5.41) is 3.13. The maximum atomic E-state index is 13.3. The molecule has 2 N–H and O–H groups in total. The number of nitrogens with one attached hydrogen (secondary N) is 2. The lowest BCUT2D eigenvalue weighted by Crippen LogP contribution is -2.30. The highest BCUT2D eigenvalue weighted by Gasteiger charge is 2.21. The van der Waals surface area contributed by atoms with Gasteiger partial charge in [0.05, 0.1) is 16.6 Å². The van der Waals surface area contributed by atoms with Crippen LogP contribution in [-0.4, -0.2) is 14.3 Å². The molecule has 4 rings (SSSR count). The summed E-state index contributed by atoms with van der Waals surface area (Å²) >= 11 is 0. The van der Waals surface area contributed by atoms with Crippen LogP contribution in [-0.2, 0) is 10.0 Å². The number of anilines is 1. The lowest BCUT2D eigenvalue weighted by Gasteiger charge is -2.22. The van der Waals surface area contributed by atoms with E-state index in [1.165, 1.54) is 12.1 Å². The summed E-state index contributed by atoms with van der Waals surface area (Å²) in [6.07, 6.45) is 0. The summed E-state index contributed by atoms with van der Waals surface area (Å²) in [5.41, 5.74) is 4.47. The van der Waals surface area contributed by atoms with Crippen LogP contribution in [0.15, 0.2) is 108 Å². The number of sulfonamides is 1. The first kappa shape index (κ1) is 23.3. The van der Waals surface area contributed by atoms with Crippen LogP contribution in [0.1, 0.15) is 38.7 Å². The van der Waals surface area contributed by atoms with Crippen molar-refractivity contribution in [1.29, 1.82) is 0 Å². The van der Waals surface area contributed by atoms with Crippen LogP contribution in [0.5, 0.6) is 0 Å². The van der Waals surface area contributed by atoms with Gasteiger partial charge in [-0.1, -0.05) is 78.9 Å². The van der Waals surface area contributed by atoms with E-state index in [0.717, 1.165) is 22.3 Å². The summed E-state index contributed by atoms with van der Waals surface area (Å²) in [6.45, 7) is 3.81. The molecule has 0 saturated heterocycles. The summed E-state index contributed by atoms with van der Waals surface area (Å²) in [6, 6.07) is 30.5. The van der Waals surface area contributed by atoms with Crippen molar-refractivity contribution in [2.45, 2.75) is 24.8 Å². The minimum absolute atomic E-state index is 0.160. The SMILES string of the molecule is Cc1ccc(C(=O)N[C@@H](c2ccccc2)c2ccccc2C)cc1NS(=O)(=O)c1ccccc1. The lowest BCUT2D eigenvalue weighted by atomic mass is 9.94. The Balaban J connectivity index is 1.64. The van der Waals surface area contributed by atoms with Crippen molar-refractivity contribution >= 4 is 21.6 Å². The van der Waals surface area contributed by atoms with Gasteiger partial charge in [0.2, 0.25) is 0 Å².